The predicted octanol–water partition coefficient (Wildman–Crippen LogP) is 3.14. The van der Waals surface area contributed by atoms with Gasteiger partial charge in [0.1, 0.15) is 0 Å². The second-order valence-corrected chi connectivity index (χ2v) is 5.14. The van der Waals surface area contributed by atoms with Crippen molar-refractivity contribution in [3.63, 3.8) is 0 Å². The number of benzene rings is 1. The van der Waals surface area contributed by atoms with Crippen LogP contribution in [-0.4, -0.2) is 6.54 Å². The van der Waals surface area contributed by atoms with Gasteiger partial charge < -0.3 is 5.73 Å². The van der Waals surface area contributed by atoms with Gasteiger partial charge in [-0.15, -0.1) is 0 Å². The van der Waals surface area contributed by atoms with Gasteiger partial charge in [-0.3, -0.25) is 0 Å². The van der Waals surface area contributed by atoms with Gasteiger partial charge in [0, 0.05) is 4.47 Å². The smallest absolute Gasteiger partial charge is 0.0207 e. The van der Waals surface area contributed by atoms with Gasteiger partial charge in [0.2, 0.25) is 0 Å². The van der Waals surface area contributed by atoms with Gasteiger partial charge in [0.05, 0.1) is 0 Å². The SMILES string of the molecule is Cc1ccc(C2(CCN)CC2)cc1Br. The Hall–Kier alpha value is -0.340. The van der Waals surface area contributed by atoms with E-state index >= 15 is 0 Å². The Bertz CT molecular complexity index is 342. The zero-order valence-electron chi connectivity index (χ0n) is 8.52. The molecule has 2 rings (SSSR count). The Balaban J connectivity index is 2.28. The Morgan fingerprint density at radius 3 is 2.64 bits per heavy atom. The van der Waals surface area contributed by atoms with E-state index < -0.39 is 0 Å². The number of rotatable bonds is 3. The molecule has 2 heteroatoms. The van der Waals surface area contributed by atoms with Gasteiger partial charge in [-0.05, 0) is 55.3 Å². The van der Waals surface area contributed by atoms with Crippen molar-refractivity contribution < 1.29 is 0 Å². The molecule has 0 atom stereocenters. The lowest BCUT2D eigenvalue weighted by atomic mass is 9.92. The third-order valence-electron chi connectivity index (χ3n) is 3.26. The van der Waals surface area contributed by atoms with Crippen molar-refractivity contribution in [3.8, 4) is 0 Å². The van der Waals surface area contributed by atoms with Gasteiger partial charge in [0.15, 0.2) is 0 Å². The molecule has 0 radical (unpaired) electrons. The predicted molar refractivity (Wildman–Crippen MR) is 63.5 cm³/mol. The second kappa shape index (κ2) is 3.67. The van der Waals surface area contributed by atoms with E-state index in [0.717, 1.165) is 13.0 Å². The molecule has 0 saturated heterocycles. The van der Waals surface area contributed by atoms with E-state index in [-0.39, 0.29) is 0 Å². The molecule has 1 aliphatic rings. The van der Waals surface area contributed by atoms with Crippen molar-refractivity contribution in [2.24, 2.45) is 5.73 Å². The summed E-state index contributed by atoms with van der Waals surface area (Å²) in [7, 11) is 0. The molecule has 0 bridgehead atoms. The molecule has 76 valence electrons. The number of halogens is 1. The van der Waals surface area contributed by atoms with Crippen LogP contribution in [0.5, 0.6) is 0 Å². The quantitative estimate of drug-likeness (QED) is 0.881. The fraction of sp³-hybridized carbons (Fsp3) is 0.500. The van der Waals surface area contributed by atoms with Crippen LogP contribution in [0.4, 0.5) is 0 Å². The molecule has 1 saturated carbocycles. The summed E-state index contributed by atoms with van der Waals surface area (Å²) in [4.78, 5) is 0. The van der Waals surface area contributed by atoms with Crippen LogP contribution in [0.25, 0.3) is 0 Å². The van der Waals surface area contributed by atoms with Gasteiger partial charge in [-0.25, -0.2) is 0 Å². The third-order valence-corrected chi connectivity index (χ3v) is 4.11. The van der Waals surface area contributed by atoms with Gasteiger partial charge >= 0.3 is 0 Å². The van der Waals surface area contributed by atoms with Crippen LogP contribution < -0.4 is 5.73 Å². The van der Waals surface area contributed by atoms with Gasteiger partial charge in [-0.1, -0.05) is 28.1 Å². The molecule has 1 nitrogen and oxygen atoms in total. The number of hydrogen-bond donors (Lipinski definition) is 1. The van der Waals surface area contributed by atoms with E-state index in [1.54, 1.807) is 0 Å². The normalized spacial score (nSPS) is 18.2. The molecule has 0 spiro atoms. The van der Waals surface area contributed by atoms with Crippen molar-refractivity contribution in [1.82, 2.24) is 0 Å². The molecule has 0 unspecified atom stereocenters. The summed E-state index contributed by atoms with van der Waals surface area (Å²) in [6, 6.07) is 6.71. The van der Waals surface area contributed by atoms with Crippen molar-refractivity contribution in [2.45, 2.75) is 31.6 Å². The molecule has 1 aromatic rings. The summed E-state index contributed by atoms with van der Waals surface area (Å²) < 4.78 is 1.22. The highest BCUT2D eigenvalue weighted by Crippen LogP contribution is 2.51. The highest BCUT2D eigenvalue weighted by molar-refractivity contribution is 9.10. The fourth-order valence-corrected chi connectivity index (χ4v) is 2.41. The molecule has 0 aromatic heterocycles. The first kappa shape index (κ1) is 10.2. The highest BCUT2D eigenvalue weighted by atomic mass is 79.9. The fourth-order valence-electron chi connectivity index (χ4n) is 2.03. The molecule has 0 aliphatic heterocycles. The van der Waals surface area contributed by atoms with Crippen LogP contribution in [0.1, 0.15) is 30.4 Å². The second-order valence-electron chi connectivity index (χ2n) is 4.28. The summed E-state index contributed by atoms with van der Waals surface area (Å²) >= 11 is 3.59. The van der Waals surface area contributed by atoms with Crippen LogP contribution >= 0.6 is 15.9 Å². The van der Waals surface area contributed by atoms with Crippen LogP contribution in [0, 0.1) is 6.92 Å². The van der Waals surface area contributed by atoms with Crippen molar-refractivity contribution in [3.05, 3.63) is 33.8 Å². The summed E-state index contributed by atoms with van der Waals surface area (Å²) in [5.74, 6) is 0. The lowest BCUT2D eigenvalue weighted by molar-refractivity contribution is 0.628. The van der Waals surface area contributed by atoms with Gasteiger partial charge in [-0.2, -0.15) is 0 Å². The highest BCUT2D eigenvalue weighted by Gasteiger charge is 2.43. The van der Waals surface area contributed by atoms with E-state index in [0.29, 0.717) is 5.41 Å². The van der Waals surface area contributed by atoms with E-state index in [2.05, 4.69) is 41.1 Å². The Morgan fingerprint density at radius 2 is 2.14 bits per heavy atom. The molecule has 0 heterocycles. The van der Waals surface area contributed by atoms with Crippen molar-refractivity contribution in [2.75, 3.05) is 6.54 Å². The van der Waals surface area contributed by atoms with E-state index in [1.807, 2.05) is 0 Å². The number of nitrogens with two attached hydrogens (primary N) is 1. The lowest BCUT2D eigenvalue weighted by Crippen LogP contribution is -2.13. The first-order valence-corrected chi connectivity index (χ1v) is 5.94. The monoisotopic (exact) mass is 253 g/mol. The maximum atomic E-state index is 5.65. The van der Waals surface area contributed by atoms with Crippen LogP contribution in [0.3, 0.4) is 0 Å². The Labute approximate surface area is 93.8 Å². The molecule has 14 heavy (non-hydrogen) atoms. The van der Waals surface area contributed by atoms with Crippen LogP contribution in [-0.2, 0) is 5.41 Å². The number of hydrogen-bond acceptors (Lipinski definition) is 1. The molecular formula is C12H16BrN. The summed E-state index contributed by atoms with van der Waals surface area (Å²) in [5.41, 5.74) is 8.83. The Morgan fingerprint density at radius 1 is 1.43 bits per heavy atom. The molecule has 2 N–H and O–H groups in total. The van der Waals surface area contributed by atoms with Crippen molar-refractivity contribution in [1.29, 1.82) is 0 Å². The molecule has 1 fully saturated rings. The van der Waals surface area contributed by atoms with E-state index in [4.69, 9.17) is 5.73 Å². The zero-order valence-corrected chi connectivity index (χ0v) is 10.1. The average molecular weight is 254 g/mol. The minimum atomic E-state index is 0.422. The lowest BCUT2D eigenvalue weighted by Gasteiger charge is -2.15. The van der Waals surface area contributed by atoms with E-state index in [1.165, 1.54) is 28.4 Å². The first-order chi connectivity index (χ1) is 6.68. The zero-order chi connectivity index (χ0) is 10.2. The summed E-state index contributed by atoms with van der Waals surface area (Å²) in [6.45, 7) is 2.92. The van der Waals surface area contributed by atoms with Crippen LogP contribution in [0.2, 0.25) is 0 Å². The third kappa shape index (κ3) is 1.73. The summed E-state index contributed by atoms with van der Waals surface area (Å²) in [5, 5.41) is 0. The maximum Gasteiger partial charge on any atom is 0.0207 e. The van der Waals surface area contributed by atoms with Crippen LogP contribution in [0.15, 0.2) is 22.7 Å². The molecule has 1 aliphatic carbocycles. The average Bonchev–Trinajstić information content (AvgIpc) is 2.91. The van der Waals surface area contributed by atoms with E-state index in [9.17, 15) is 0 Å². The largest absolute Gasteiger partial charge is 0.330 e. The maximum absolute atomic E-state index is 5.65. The minimum absolute atomic E-state index is 0.422. The summed E-state index contributed by atoms with van der Waals surface area (Å²) in [6.07, 6.45) is 3.74. The molecule has 0 amide bonds. The Kier molecular flexibility index (Phi) is 2.67. The first-order valence-electron chi connectivity index (χ1n) is 5.15. The van der Waals surface area contributed by atoms with Crippen molar-refractivity contribution >= 4 is 15.9 Å². The standard InChI is InChI=1S/C12H16BrN/c1-9-2-3-10(8-11(9)13)12(4-5-12)6-7-14/h2-3,8H,4-7,14H2,1H3. The van der Waals surface area contributed by atoms with Gasteiger partial charge in [0.25, 0.3) is 0 Å². The molecule has 1 aromatic carbocycles. The molecular weight excluding hydrogens is 238 g/mol. The number of aryl methyl sites for hydroxylation is 1. The minimum Gasteiger partial charge on any atom is -0.330 e. The topological polar surface area (TPSA) is 26.0 Å².